The fourth-order valence-electron chi connectivity index (χ4n) is 2.88. The van der Waals surface area contributed by atoms with Crippen LogP contribution in [0.4, 0.5) is 4.79 Å². The molecule has 1 saturated carbocycles. The van der Waals surface area contributed by atoms with E-state index in [2.05, 4.69) is 5.32 Å². The van der Waals surface area contributed by atoms with Gasteiger partial charge in [0.05, 0.1) is 13.2 Å². The highest BCUT2D eigenvalue weighted by molar-refractivity contribution is 5.82. The lowest BCUT2D eigenvalue weighted by Gasteiger charge is -2.34. The fraction of sp³-hybridized carbons (Fsp3) is 0.833. The SMILES string of the molecule is COC(=O)[C@H]1NCCN2C(=O)N(CC3CC3)C[C@@H]12. The highest BCUT2D eigenvalue weighted by Crippen LogP contribution is 2.32. The highest BCUT2D eigenvalue weighted by atomic mass is 16.5. The van der Waals surface area contributed by atoms with Crippen LogP contribution in [0.25, 0.3) is 0 Å². The molecule has 1 aliphatic carbocycles. The summed E-state index contributed by atoms with van der Waals surface area (Å²) >= 11 is 0. The molecule has 3 fully saturated rings. The summed E-state index contributed by atoms with van der Waals surface area (Å²) < 4.78 is 4.80. The number of amides is 2. The lowest BCUT2D eigenvalue weighted by atomic mass is 10.1. The van der Waals surface area contributed by atoms with Crippen molar-refractivity contribution >= 4 is 12.0 Å². The van der Waals surface area contributed by atoms with Gasteiger partial charge in [-0.15, -0.1) is 0 Å². The number of esters is 1. The Bertz CT molecular complexity index is 370. The zero-order chi connectivity index (χ0) is 12.7. The molecule has 0 bridgehead atoms. The van der Waals surface area contributed by atoms with E-state index in [1.54, 1.807) is 0 Å². The van der Waals surface area contributed by atoms with Gasteiger partial charge in [-0.1, -0.05) is 0 Å². The molecule has 0 unspecified atom stereocenters. The molecule has 0 aromatic heterocycles. The van der Waals surface area contributed by atoms with E-state index in [9.17, 15) is 9.59 Å². The third-order valence-electron chi connectivity index (χ3n) is 4.06. The second kappa shape index (κ2) is 4.42. The Morgan fingerprint density at radius 2 is 2.28 bits per heavy atom. The Balaban J connectivity index is 1.72. The van der Waals surface area contributed by atoms with Gasteiger partial charge < -0.3 is 19.9 Å². The number of ether oxygens (including phenoxy) is 1. The van der Waals surface area contributed by atoms with Gasteiger partial charge in [0.25, 0.3) is 0 Å². The number of fused-ring (bicyclic) bond motifs is 1. The van der Waals surface area contributed by atoms with Crippen LogP contribution < -0.4 is 5.32 Å². The number of urea groups is 1. The van der Waals surface area contributed by atoms with E-state index < -0.39 is 0 Å². The molecule has 3 aliphatic rings. The lowest BCUT2D eigenvalue weighted by Crippen LogP contribution is -2.60. The van der Waals surface area contributed by atoms with Gasteiger partial charge in [-0.25, -0.2) is 4.79 Å². The van der Waals surface area contributed by atoms with Crippen molar-refractivity contribution in [3.8, 4) is 0 Å². The largest absolute Gasteiger partial charge is 0.468 e. The third-order valence-corrected chi connectivity index (χ3v) is 4.06. The Hall–Kier alpha value is -1.30. The molecule has 2 saturated heterocycles. The standard InChI is InChI=1S/C12H19N3O3/c1-18-11(16)10-9-7-14(6-8-2-3-8)12(17)15(9)5-4-13-10/h8-10,13H,2-7H2,1H3/t9-,10-/m0/s1. The Kier molecular flexibility index (Phi) is 2.89. The molecule has 0 spiro atoms. The van der Waals surface area contributed by atoms with Gasteiger partial charge in [-0.3, -0.25) is 4.79 Å². The van der Waals surface area contributed by atoms with E-state index in [1.165, 1.54) is 20.0 Å². The van der Waals surface area contributed by atoms with Gasteiger partial charge in [-0.2, -0.15) is 0 Å². The maximum atomic E-state index is 12.2. The first kappa shape index (κ1) is 11.8. The predicted molar refractivity (Wildman–Crippen MR) is 64.0 cm³/mol. The summed E-state index contributed by atoms with van der Waals surface area (Å²) in [7, 11) is 1.39. The lowest BCUT2D eigenvalue weighted by molar-refractivity contribution is -0.145. The molecule has 3 rings (SSSR count). The van der Waals surface area contributed by atoms with Gasteiger partial charge in [0, 0.05) is 26.2 Å². The van der Waals surface area contributed by atoms with Crippen molar-refractivity contribution in [3.63, 3.8) is 0 Å². The maximum absolute atomic E-state index is 12.2. The summed E-state index contributed by atoms with van der Waals surface area (Å²) in [6.45, 7) is 2.82. The summed E-state index contributed by atoms with van der Waals surface area (Å²) in [5.74, 6) is 0.408. The maximum Gasteiger partial charge on any atom is 0.325 e. The highest BCUT2D eigenvalue weighted by Gasteiger charge is 2.47. The number of methoxy groups -OCH3 is 1. The van der Waals surface area contributed by atoms with Crippen LogP contribution in [0, 0.1) is 5.92 Å². The second-order valence-electron chi connectivity index (χ2n) is 5.35. The molecular weight excluding hydrogens is 234 g/mol. The van der Waals surface area contributed by atoms with E-state index in [0.717, 1.165) is 6.54 Å². The third kappa shape index (κ3) is 1.94. The van der Waals surface area contributed by atoms with Crippen LogP contribution in [-0.2, 0) is 9.53 Å². The molecule has 1 N–H and O–H groups in total. The molecule has 2 aliphatic heterocycles. The summed E-state index contributed by atoms with van der Waals surface area (Å²) in [6.07, 6.45) is 2.46. The minimum atomic E-state index is -0.378. The van der Waals surface area contributed by atoms with Crippen molar-refractivity contribution < 1.29 is 14.3 Å². The van der Waals surface area contributed by atoms with Crippen LogP contribution in [0.3, 0.4) is 0 Å². The van der Waals surface area contributed by atoms with Crippen LogP contribution in [0.2, 0.25) is 0 Å². The number of rotatable bonds is 3. The summed E-state index contributed by atoms with van der Waals surface area (Å²) in [4.78, 5) is 27.7. The van der Waals surface area contributed by atoms with Crippen molar-refractivity contribution in [1.82, 2.24) is 15.1 Å². The van der Waals surface area contributed by atoms with Gasteiger partial charge in [-0.05, 0) is 18.8 Å². The van der Waals surface area contributed by atoms with E-state index in [1.807, 2.05) is 9.80 Å². The molecule has 0 aromatic carbocycles. The Morgan fingerprint density at radius 1 is 1.50 bits per heavy atom. The smallest absolute Gasteiger partial charge is 0.325 e. The average molecular weight is 253 g/mol. The van der Waals surface area contributed by atoms with E-state index in [4.69, 9.17) is 4.74 Å². The van der Waals surface area contributed by atoms with Crippen molar-refractivity contribution in [2.45, 2.75) is 24.9 Å². The second-order valence-corrected chi connectivity index (χ2v) is 5.35. The normalized spacial score (nSPS) is 31.5. The fourth-order valence-corrected chi connectivity index (χ4v) is 2.88. The van der Waals surface area contributed by atoms with Crippen LogP contribution >= 0.6 is 0 Å². The van der Waals surface area contributed by atoms with E-state index in [0.29, 0.717) is 25.6 Å². The van der Waals surface area contributed by atoms with Crippen molar-refractivity contribution in [1.29, 1.82) is 0 Å². The molecule has 2 amide bonds. The minimum Gasteiger partial charge on any atom is -0.468 e. The van der Waals surface area contributed by atoms with Gasteiger partial charge >= 0.3 is 12.0 Å². The molecule has 18 heavy (non-hydrogen) atoms. The Labute approximate surface area is 106 Å². The van der Waals surface area contributed by atoms with Gasteiger partial charge in [0.15, 0.2) is 0 Å². The molecule has 2 atom stereocenters. The number of nitrogens with one attached hydrogen (secondary N) is 1. The number of carbonyl (C=O) groups excluding carboxylic acids is 2. The van der Waals surface area contributed by atoms with E-state index in [-0.39, 0.29) is 24.1 Å². The van der Waals surface area contributed by atoms with Crippen LogP contribution in [-0.4, -0.2) is 67.2 Å². The van der Waals surface area contributed by atoms with Crippen molar-refractivity contribution in [3.05, 3.63) is 0 Å². The number of piperazine rings is 1. The van der Waals surface area contributed by atoms with Gasteiger partial charge in [0.1, 0.15) is 6.04 Å². The molecule has 100 valence electrons. The molecule has 2 heterocycles. The van der Waals surface area contributed by atoms with Crippen LogP contribution in [0.1, 0.15) is 12.8 Å². The Morgan fingerprint density at radius 3 is 2.94 bits per heavy atom. The van der Waals surface area contributed by atoms with Crippen LogP contribution in [0.15, 0.2) is 0 Å². The molecule has 6 heteroatoms. The monoisotopic (exact) mass is 253 g/mol. The van der Waals surface area contributed by atoms with Crippen LogP contribution in [0.5, 0.6) is 0 Å². The minimum absolute atomic E-state index is 0.0718. The first-order valence-corrected chi connectivity index (χ1v) is 6.57. The quantitative estimate of drug-likeness (QED) is 0.698. The molecule has 6 nitrogen and oxygen atoms in total. The molecule has 0 radical (unpaired) electrons. The summed E-state index contributed by atoms with van der Waals surface area (Å²) in [5.41, 5.74) is 0. The van der Waals surface area contributed by atoms with Crippen molar-refractivity contribution in [2.75, 3.05) is 33.3 Å². The predicted octanol–water partition coefficient (Wildman–Crippen LogP) is -0.353. The average Bonchev–Trinajstić information content (AvgIpc) is 3.14. The first-order chi connectivity index (χ1) is 8.70. The number of carbonyl (C=O) groups is 2. The van der Waals surface area contributed by atoms with Crippen molar-refractivity contribution in [2.24, 2.45) is 5.92 Å². The number of nitrogens with zero attached hydrogens (tertiary/aromatic N) is 2. The topological polar surface area (TPSA) is 61.9 Å². The first-order valence-electron chi connectivity index (χ1n) is 6.57. The number of hydrogen-bond acceptors (Lipinski definition) is 4. The summed E-state index contributed by atoms with van der Waals surface area (Å²) in [6, 6.07) is -0.364. The zero-order valence-electron chi connectivity index (χ0n) is 10.6. The molecular formula is C12H19N3O3. The summed E-state index contributed by atoms with van der Waals surface area (Å²) in [5, 5.41) is 3.16. The molecule has 0 aromatic rings. The number of hydrogen-bond donors (Lipinski definition) is 1. The van der Waals surface area contributed by atoms with E-state index >= 15 is 0 Å². The van der Waals surface area contributed by atoms with Gasteiger partial charge in [0.2, 0.25) is 0 Å². The zero-order valence-corrected chi connectivity index (χ0v) is 10.6.